The van der Waals surface area contributed by atoms with Gasteiger partial charge in [0.25, 0.3) is 0 Å². The number of nitrogens with zero attached hydrogens (tertiary/aromatic N) is 1. The van der Waals surface area contributed by atoms with Gasteiger partial charge in [0, 0.05) is 0 Å². The summed E-state index contributed by atoms with van der Waals surface area (Å²) < 4.78 is 0. The van der Waals surface area contributed by atoms with Crippen LogP contribution in [-0.2, 0) is 0 Å². The second-order valence-electron chi connectivity index (χ2n) is 3.07. The second-order valence-corrected chi connectivity index (χ2v) is 3.25. The molecule has 0 spiro atoms. The van der Waals surface area contributed by atoms with Crippen LogP contribution in [0.1, 0.15) is 26.2 Å². The Morgan fingerprint density at radius 3 is 2.67 bits per heavy atom. The van der Waals surface area contributed by atoms with Gasteiger partial charge in [-0.15, -0.1) is 0 Å². The number of aliphatic imine (C=N–C) groups is 1. The fraction of sp³-hybridized carbons (Fsp3) is 0.857. The minimum atomic E-state index is 0.478. The predicted molar refractivity (Wildman–Crippen MR) is 41.9 cm³/mol. The van der Waals surface area contributed by atoms with Crippen LogP contribution in [0.3, 0.4) is 0 Å². The zero-order chi connectivity index (χ0) is 6.74. The van der Waals surface area contributed by atoms with Gasteiger partial charge in [0.1, 0.15) is 0 Å². The molecular weight excluding hydrogens is 130 g/mol. The first kappa shape index (κ1) is 6.91. The number of hydrogen-bond acceptors (Lipinski definition) is 2. The molecule has 1 rings (SSSR count). The monoisotopic (exact) mass is 141 g/mol. The Labute approximate surface area is 61.2 Å². The van der Waals surface area contributed by atoms with E-state index in [1.807, 2.05) is 0 Å². The molecule has 0 heterocycles. The molecule has 1 saturated carbocycles. The van der Waals surface area contributed by atoms with E-state index in [9.17, 15) is 0 Å². The van der Waals surface area contributed by atoms with Crippen molar-refractivity contribution in [3.8, 4) is 0 Å². The number of thiocarbonyl (C=S) groups is 1. The molecule has 0 unspecified atom stereocenters. The number of isothiocyanates is 1. The van der Waals surface area contributed by atoms with Gasteiger partial charge in [-0.25, -0.2) is 4.99 Å². The number of rotatable bonds is 2. The van der Waals surface area contributed by atoms with Crippen molar-refractivity contribution in [2.24, 2.45) is 10.4 Å². The van der Waals surface area contributed by atoms with Crippen LogP contribution in [0.15, 0.2) is 4.99 Å². The first-order chi connectivity index (χ1) is 4.27. The van der Waals surface area contributed by atoms with Crippen molar-refractivity contribution < 1.29 is 0 Å². The fourth-order valence-electron chi connectivity index (χ4n) is 1.16. The molecule has 0 aromatic carbocycles. The topological polar surface area (TPSA) is 12.4 Å². The average Bonchev–Trinajstić information content (AvgIpc) is 1.79. The van der Waals surface area contributed by atoms with Crippen molar-refractivity contribution in [3.05, 3.63) is 0 Å². The lowest BCUT2D eigenvalue weighted by atomic mass is 9.71. The summed E-state index contributed by atoms with van der Waals surface area (Å²) in [5.74, 6) is 0. The van der Waals surface area contributed by atoms with Crippen molar-refractivity contribution in [2.75, 3.05) is 6.54 Å². The molecule has 0 aliphatic heterocycles. The average molecular weight is 141 g/mol. The lowest BCUT2D eigenvalue weighted by Crippen LogP contribution is -2.28. The maximum Gasteiger partial charge on any atom is 0.0585 e. The Bertz CT molecular complexity index is 143. The molecule has 50 valence electrons. The highest BCUT2D eigenvalue weighted by Gasteiger charge is 2.30. The molecule has 1 aliphatic rings. The molecule has 1 aliphatic carbocycles. The summed E-state index contributed by atoms with van der Waals surface area (Å²) in [5, 5.41) is 2.40. The molecule has 0 N–H and O–H groups in total. The third-order valence-corrected chi connectivity index (χ3v) is 2.22. The Morgan fingerprint density at radius 2 is 2.33 bits per heavy atom. The van der Waals surface area contributed by atoms with Crippen LogP contribution in [0.4, 0.5) is 0 Å². The summed E-state index contributed by atoms with van der Waals surface area (Å²) in [6.45, 7) is 3.14. The quantitative estimate of drug-likeness (QED) is 0.424. The maximum atomic E-state index is 4.48. The van der Waals surface area contributed by atoms with Crippen LogP contribution in [0.2, 0.25) is 0 Å². The van der Waals surface area contributed by atoms with Crippen molar-refractivity contribution in [1.82, 2.24) is 0 Å². The van der Waals surface area contributed by atoms with Crippen LogP contribution in [0.5, 0.6) is 0 Å². The summed E-state index contributed by atoms with van der Waals surface area (Å²) in [4.78, 5) is 3.93. The minimum Gasteiger partial charge on any atom is -0.232 e. The van der Waals surface area contributed by atoms with Gasteiger partial charge in [-0.05, 0) is 30.5 Å². The minimum absolute atomic E-state index is 0.478. The van der Waals surface area contributed by atoms with E-state index in [0.29, 0.717) is 5.41 Å². The molecular formula is C7H11NS. The summed E-state index contributed by atoms with van der Waals surface area (Å²) in [5.41, 5.74) is 0.478. The predicted octanol–water partition coefficient (Wildman–Crippen LogP) is 2.28. The van der Waals surface area contributed by atoms with Crippen LogP contribution in [-0.4, -0.2) is 11.7 Å². The standard InChI is InChI=1S/C7H11NS/c1-7(3-2-4-7)5-8-6-9/h2-5H2,1H3. The van der Waals surface area contributed by atoms with Gasteiger partial charge in [0.05, 0.1) is 11.7 Å². The highest BCUT2D eigenvalue weighted by molar-refractivity contribution is 7.78. The van der Waals surface area contributed by atoms with Crippen LogP contribution in [0, 0.1) is 5.41 Å². The SMILES string of the molecule is CC1(CN=C=S)CCC1. The first-order valence-corrected chi connectivity index (χ1v) is 3.71. The fourth-order valence-corrected chi connectivity index (χ4v) is 1.23. The molecule has 2 heteroatoms. The highest BCUT2D eigenvalue weighted by atomic mass is 32.1. The van der Waals surface area contributed by atoms with Gasteiger partial charge in [0.15, 0.2) is 0 Å². The van der Waals surface area contributed by atoms with Gasteiger partial charge in [-0.1, -0.05) is 13.3 Å². The molecule has 1 nitrogen and oxygen atoms in total. The third-order valence-electron chi connectivity index (χ3n) is 2.09. The van der Waals surface area contributed by atoms with Crippen LogP contribution >= 0.6 is 12.2 Å². The zero-order valence-corrected chi connectivity index (χ0v) is 6.50. The summed E-state index contributed by atoms with van der Waals surface area (Å²) >= 11 is 4.48. The molecule has 0 radical (unpaired) electrons. The molecule has 0 amide bonds. The smallest absolute Gasteiger partial charge is 0.0585 e. The molecule has 0 aromatic heterocycles. The summed E-state index contributed by atoms with van der Waals surface area (Å²) in [6, 6.07) is 0. The van der Waals surface area contributed by atoms with Gasteiger partial charge in [-0.2, -0.15) is 0 Å². The van der Waals surface area contributed by atoms with E-state index in [1.54, 1.807) is 0 Å². The third kappa shape index (κ3) is 1.60. The molecule has 0 saturated heterocycles. The van der Waals surface area contributed by atoms with Crippen molar-refractivity contribution in [3.63, 3.8) is 0 Å². The largest absolute Gasteiger partial charge is 0.232 e. The Kier molecular flexibility index (Phi) is 1.99. The Morgan fingerprint density at radius 1 is 1.67 bits per heavy atom. The van der Waals surface area contributed by atoms with Gasteiger partial charge < -0.3 is 0 Å². The lowest BCUT2D eigenvalue weighted by Gasteiger charge is -2.36. The first-order valence-electron chi connectivity index (χ1n) is 3.30. The highest BCUT2D eigenvalue weighted by Crippen LogP contribution is 2.40. The van der Waals surface area contributed by atoms with Crippen molar-refractivity contribution >= 4 is 17.4 Å². The van der Waals surface area contributed by atoms with Gasteiger partial charge in [-0.3, -0.25) is 0 Å². The van der Waals surface area contributed by atoms with Gasteiger partial charge >= 0.3 is 0 Å². The maximum absolute atomic E-state index is 4.48. The van der Waals surface area contributed by atoms with Crippen molar-refractivity contribution in [1.29, 1.82) is 0 Å². The summed E-state index contributed by atoms with van der Waals surface area (Å²) in [6.07, 6.45) is 3.99. The summed E-state index contributed by atoms with van der Waals surface area (Å²) in [7, 11) is 0. The molecule has 9 heavy (non-hydrogen) atoms. The van der Waals surface area contributed by atoms with E-state index in [-0.39, 0.29) is 0 Å². The van der Waals surface area contributed by atoms with Crippen LogP contribution < -0.4 is 0 Å². The number of hydrogen-bond donors (Lipinski definition) is 0. The second kappa shape index (κ2) is 2.59. The van der Waals surface area contributed by atoms with Gasteiger partial charge in [0.2, 0.25) is 0 Å². The lowest BCUT2D eigenvalue weighted by molar-refractivity contribution is 0.174. The van der Waals surface area contributed by atoms with E-state index in [2.05, 4.69) is 29.3 Å². The molecule has 1 fully saturated rings. The van der Waals surface area contributed by atoms with E-state index in [0.717, 1.165) is 6.54 Å². The van der Waals surface area contributed by atoms with E-state index < -0.39 is 0 Å². The van der Waals surface area contributed by atoms with Crippen LogP contribution in [0.25, 0.3) is 0 Å². The van der Waals surface area contributed by atoms with E-state index in [4.69, 9.17) is 0 Å². The molecule has 0 aromatic rings. The Hall–Kier alpha value is -0.200. The zero-order valence-electron chi connectivity index (χ0n) is 5.68. The normalized spacial score (nSPS) is 21.9. The van der Waals surface area contributed by atoms with Crippen molar-refractivity contribution in [2.45, 2.75) is 26.2 Å². The molecule has 0 bridgehead atoms. The molecule has 0 atom stereocenters. The Balaban J connectivity index is 2.32. The van der Waals surface area contributed by atoms with E-state index in [1.165, 1.54) is 19.3 Å². The van der Waals surface area contributed by atoms with E-state index >= 15 is 0 Å².